The molecule has 0 aromatic rings. The summed E-state index contributed by atoms with van der Waals surface area (Å²) < 4.78 is 0. The summed E-state index contributed by atoms with van der Waals surface area (Å²) in [5.74, 6) is 2.64. The zero-order valence-electron chi connectivity index (χ0n) is 39.5. The zero-order valence-corrected chi connectivity index (χ0v) is 42.3. The number of rotatable bonds is 15. The van der Waals surface area contributed by atoms with E-state index in [-0.39, 0.29) is 65.9 Å². The van der Waals surface area contributed by atoms with E-state index in [0.717, 1.165) is 76.0 Å². The molecule has 0 unspecified atom stereocenters. The topological polar surface area (TPSA) is 89.1 Å². The van der Waals surface area contributed by atoms with Gasteiger partial charge < -0.3 is 45.6 Å². The van der Waals surface area contributed by atoms with Crippen LogP contribution in [0.2, 0.25) is 0 Å². The third kappa shape index (κ3) is 17.6. The molecule has 52 heavy (non-hydrogen) atoms. The molecule has 0 saturated carbocycles. The first-order valence-electron chi connectivity index (χ1n) is 20.1. The van der Waals surface area contributed by atoms with Crippen LogP contribution >= 0.6 is 0 Å². The van der Waals surface area contributed by atoms with Crippen LogP contribution in [-0.2, 0) is 32.7 Å². The van der Waals surface area contributed by atoms with Crippen LogP contribution in [0, 0.1) is 0 Å². The first-order chi connectivity index (χ1) is 23.3. The Labute approximate surface area is 352 Å². The van der Waals surface area contributed by atoms with Gasteiger partial charge in [-0.3, -0.25) is 0 Å². The molecule has 0 amide bonds. The standard InChI is InChI=1S/3C14H30N3.Y/c3*1-9-13(4,5)17(14(6,7)10-2)12(15-8)16-11-3;/h3*9-11H2,1-8H3;/q3*-1;+3. The Morgan fingerprint density at radius 3 is 0.558 bits per heavy atom. The molecule has 0 rings (SSSR count). The average Bonchev–Trinajstić information content (AvgIpc) is 3.07. The van der Waals surface area contributed by atoms with Crippen molar-refractivity contribution in [3.8, 4) is 0 Å². The molecule has 0 aromatic carbocycles. The number of nitrogens with zero attached hydrogens (tertiary/aromatic N) is 9. The average molecular weight is 810 g/mol. The summed E-state index contributed by atoms with van der Waals surface area (Å²) in [5, 5.41) is 13.6. The van der Waals surface area contributed by atoms with E-state index in [9.17, 15) is 0 Å². The van der Waals surface area contributed by atoms with Crippen LogP contribution in [0.3, 0.4) is 0 Å². The van der Waals surface area contributed by atoms with Crippen LogP contribution in [0.15, 0.2) is 15.0 Å². The SMILES string of the molecule is CC[N-]C(=NC)N(C(C)(C)CC)C(C)(C)CC.CC[N-]C(=NC)N(C(C)(C)CC)C(C)(C)CC.CC[N-]C(=NC)N(C(C)(C)CC)C(C)(C)CC.[Y+3]. The molecule has 0 radical (unpaired) electrons. The largest absolute Gasteiger partial charge is 3.00 e. The second-order valence-electron chi connectivity index (χ2n) is 17.0. The van der Waals surface area contributed by atoms with Crippen molar-refractivity contribution < 1.29 is 32.7 Å². The molecular formula is C42H90N9Y. The molecule has 0 bridgehead atoms. The summed E-state index contributed by atoms with van der Waals surface area (Å²) >= 11 is 0. The molecule has 0 aliphatic rings. The van der Waals surface area contributed by atoms with Gasteiger partial charge in [0.2, 0.25) is 0 Å². The van der Waals surface area contributed by atoms with Gasteiger partial charge in [0.25, 0.3) is 0 Å². The molecular weight excluding hydrogens is 719 g/mol. The number of hydrogen-bond donors (Lipinski definition) is 0. The molecule has 0 heterocycles. The third-order valence-electron chi connectivity index (χ3n) is 10.9. The predicted molar refractivity (Wildman–Crippen MR) is 234 cm³/mol. The van der Waals surface area contributed by atoms with Gasteiger partial charge in [-0.2, -0.15) is 0 Å². The molecule has 9 nitrogen and oxygen atoms in total. The van der Waals surface area contributed by atoms with Crippen molar-refractivity contribution in [1.82, 2.24) is 14.7 Å². The van der Waals surface area contributed by atoms with Gasteiger partial charge in [-0.25, -0.2) is 0 Å². The van der Waals surface area contributed by atoms with Crippen LogP contribution in [0.25, 0.3) is 16.0 Å². The van der Waals surface area contributed by atoms with Gasteiger partial charge in [0.15, 0.2) is 0 Å². The summed E-state index contributed by atoms with van der Waals surface area (Å²) in [4.78, 5) is 20.3. The Kier molecular flexibility index (Phi) is 28.7. The second kappa shape index (κ2) is 25.9. The minimum atomic E-state index is 0. The number of guanidine groups is 3. The molecule has 0 spiro atoms. The fourth-order valence-corrected chi connectivity index (χ4v) is 6.18. The van der Waals surface area contributed by atoms with Gasteiger partial charge in [0.1, 0.15) is 0 Å². The van der Waals surface area contributed by atoms with Crippen LogP contribution in [0.1, 0.15) is 184 Å². The van der Waals surface area contributed by atoms with Crippen LogP contribution < -0.4 is 0 Å². The van der Waals surface area contributed by atoms with Gasteiger partial charge in [0.05, 0.1) is 0 Å². The van der Waals surface area contributed by atoms with Crippen LogP contribution in [0.4, 0.5) is 0 Å². The quantitative estimate of drug-likeness (QED) is 0.122. The molecule has 0 atom stereocenters. The van der Waals surface area contributed by atoms with E-state index in [1.54, 1.807) is 0 Å². The van der Waals surface area contributed by atoms with Crippen molar-refractivity contribution in [3.63, 3.8) is 0 Å². The van der Waals surface area contributed by atoms with Crippen molar-refractivity contribution >= 4 is 17.9 Å². The summed E-state index contributed by atoms with van der Waals surface area (Å²) in [6, 6.07) is 0. The Balaban J connectivity index is -0.000000329. The van der Waals surface area contributed by atoms with E-state index < -0.39 is 0 Å². The molecule has 0 saturated heterocycles. The van der Waals surface area contributed by atoms with Crippen LogP contribution in [0.5, 0.6) is 0 Å². The van der Waals surface area contributed by atoms with Crippen molar-refractivity contribution in [2.24, 2.45) is 15.0 Å². The first-order valence-corrected chi connectivity index (χ1v) is 20.1. The zero-order chi connectivity index (χ0) is 41.1. The second-order valence-corrected chi connectivity index (χ2v) is 17.0. The monoisotopic (exact) mass is 810 g/mol. The van der Waals surface area contributed by atoms with Gasteiger partial charge in [-0.15, -0.1) is 0 Å². The Morgan fingerprint density at radius 2 is 0.481 bits per heavy atom. The Hall–Kier alpha value is -1.09. The normalized spacial score (nSPS) is 13.5. The maximum Gasteiger partial charge on any atom is 3.00 e. The molecule has 0 aliphatic heterocycles. The molecule has 0 N–H and O–H groups in total. The van der Waals surface area contributed by atoms with Crippen molar-refractivity contribution in [2.75, 3.05) is 40.8 Å². The van der Waals surface area contributed by atoms with E-state index in [2.05, 4.69) is 191 Å². The molecule has 0 fully saturated rings. The fourth-order valence-electron chi connectivity index (χ4n) is 6.18. The summed E-state index contributed by atoms with van der Waals surface area (Å²) in [6.45, 7) is 49.0. The fraction of sp³-hybridized carbons (Fsp3) is 0.929. The van der Waals surface area contributed by atoms with Gasteiger partial charge in [-0.1, -0.05) is 145 Å². The van der Waals surface area contributed by atoms with Crippen molar-refractivity contribution in [3.05, 3.63) is 16.0 Å². The predicted octanol–water partition coefficient (Wildman–Crippen LogP) is 12.1. The maximum absolute atomic E-state index is 4.55. The summed E-state index contributed by atoms with van der Waals surface area (Å²) in [7, 11) is 5.50. The molecule has 10 heteroatoms. The van der Waals surface area contributed by atoms with Crippen molar-refractivity contribution in [1.29, 1.82) is 0 Å². The number of hydrogen-bond acceptors (Lipinski definition) is 3. The minimum Gasteiger partial charge on any atom is -0.415 e. The van der Waals surface area contributed by atoms with Crippen LogP contribution in [-0.4, -0.2) is 107 Å². The van der Waals surface area contributed by atoms with E-state index >= 15 is 0 Å². The number of aliphatic imine (C=N–C) groups is 3. The van der Waals surface area contributed by atoms with Crippen molar-refractivity contribution in [2.45, 2.75) is 217 Å². The van der Waals surface area contributed by atoms with E-state index in [4.69, 9.17) is 0 Å². The first kappa shape index (κ1) is 57.6. The Morgan fingerprint density at radius 1 is 0.346 bits per heavy atom. The van der Waals surface area contributed by atoms with E-state index in [1.807, 2.05) is 21.1 Å². The smallest absolute Gasteiger partial charge is 0.415 e. The van der Waals surface area contributed by atoms with Gasteiger partial charge in [-0.05, 0) is 113 Å². The summed E-state index contributed by atoms with van der Waals surface area (Å²) in [6.07, 6.45) is 6.47. The van der Waals surface area contributed by atoms with Gasteiger partial charge in [0, 0.05) is 17.9 Å². The molecule has 0 aromatic heterocycles. The third-order valence-corrected chi connectivity index (χ3v) is 10.9. The van der Waals surface area contributed by atoms with E-state index in [0.29, 0.717) is 0 Å². The van der Waals surface area contributed by atoms with Gasteiger partial charge >= 0.3 is 32.7 Å². The minimum absolute atomic E-state index is 0. The molecule has 306 valence electrons. The summed E-state index contributed by atoms with van der Waals surface area (Å²) in [5.41, 5.74) is 0.458. The Bertz CT molecular complexity index is 850. The van der Waals surface area contributed by atoms with E-state index in [1.165, 1.54) is 0 Å². The molecule has 0 aliphatic carbocycles. The maximum atomic E-state index is 4.55.